The number of rotatable bonds is 2. The molecule has 5 rings (SSSR count). The Labute approximate surface area is 166 Å². The molecule has 0 aliphatic carbocycles. The number of benzene rings is 2. The zero-order chi connectivity index (χ0) is 18.5. The monoisotopic (exact) mass is 398 g/mol. The van der Waals surface area contributed by atoms with Crippen LogP contribution >= 0.6 is 23.2 Å². The number of fused-ring (bicyclic) bond motifs is 4. The Kier molecular flexibility index (Phi) is 3.93. The molecule has 1 aliphatic rings. The average Bonchev–Trinajstić information content (AvgIpc) is 3.28. The van der Waals surface area contributed by atoms with Crippen LogP contribution in [-0.4, -0.2) is 11.7 Å². The van der Waals surface area contributed by atoms with E-state index in [1.165, 1.54) is 0 Å². The van der Waals surface area contributed by atoms with Crippen molar-refractivity contribution in [1.29, 1.82) is 0 Å². The van der Waals surface area contributed by atoms with Gasteiger partial charge in [-0.15, -0.1) is 0 Å². The molecule has 3 heterocycles. The molecule has 1 unspecified atom stereocenters. The van der Waals surface area contributed by atoms with Gasteiger partial charge in [0, 0.05) is 39.4 Å². The Bertz CT molecular complexity index is 1160. The minimum atomic E-state index is -0.156. The van der Waals surface area contributed by atoms with Crippen LogP contribution in [0.25, 0.3) is 16.5 Å². The average molecular weight is 399 g/mol. The zero-order valence-electron chi connectivity index (χ0n) is 14.5. The number of hydrogen-bond donors (Lipinski definition) is 1. The summed E-state index contributed by atoms with van der Waals surface area (Å²) >= 11 is 12.8. The summed E-state index contributed by atoms with van der Waals surface area (Å²) in [6.45, 7) is 0.592. The highest BCUT2D eigenvalue weighted by Crippen LogP contribution is 2.40. The van der Waals surface area contributed by atoms with Crippen LogP contribution in [0.3, 0.4) is 0 Å². The van der Waals surface area contributed by atoms with Gasteiger partial charge in [0.15, 0.2) is 0 Å². The molecule has 2 aromatic carbocycles. The first kappa shape index (κ1) is 16.8. The maximum Gasteiger partial charge on any atom is 0.138 e. The SMILES string of the molecule is COc1cccc2coc(C3NCc4c(Cl)cc(Cl)cc4-n4cccc43)c12. The van der Waals surface area contributed by atoms with Gasteiger partial charge >= 0.3 is 0 Å². The summed E-state index contributed by atoms with van der Waals surface area (Å²) < 4.78 is 13.7. The van der Waals surface area contributed by atoms with Crippen LogP contribution in [0.15, 0.2) is 59.3 Å². The summed E-state index contributed by atoms with van der Waals surface area (Å²) in [5.41, 5.74) is 3.03. The Morgan fingerprint density at radius 2 is 2.07 bits per heavy atom. The van der Waals surface area contributed by atoms with Crippen LogP contribution in [0.1, 0.15) is 23.1 Å². The van der Waals surface area contributed by atoms with Gasteiger partial charge in [0.1, 0.15) is 17.6 Å². The number of aromatic nitrogens is 1. The summed E-state index contributed by atoms with van der Waals surface area (Å²) in [7, 11) is 1.67. The molecule has 2 aromatic heterocycles. The van der Waals surface area contributed by atoms with E-state index in [1.54, 1.807) is 19.4 Å². The first-order chi connectivity index (χ1) is 13.2. The van der Waals surface area contributed by atoms with Crippen molar-refractivity contribution in [2.45, 2.75) is 12.6 Å². The largest absolute Gasteiger partial charge is 0.496 e. The molecular weight excluding hydrogens is 383 g/mol. The molecule has 0 bridgehead atoms. The topological polar surface area (TPSA) is 39.3 Å². The van der Waals surface area contributed by atoms with E-state index in [0.717, 1.165) is 39.2 Å². The van der Waals surface area contributed by atoms with Crippen LogP contribution in [0.2, 0.25) is 10.0 Å². The van der Waals surface area contributed by atoms with Gasteiger partial charge in [-0.3, -0.25) is 5.32 Å². The summed E-state index contributed by atoms with van der Waals surface area (Å²) in [5, 5.41) is 6.83. The summed E-state index contributed by atoms with van der Waals surface area (Å²) in [6.07, 6.45) is 3.78. The molecule has 0 amide bonds. The maximum absolute atomic E-state index is 6.49. The smallest absolute Gasteiger partial charge is 0.138 e. The second-order valence-corrected chi connectivity index (χ2v) is 7.37. The minimum absolute atomic E-state index is 0.156. The van der Waals surface area contributed by atoms with Crippen molar-refractivity contribution < 1.29 is 9.15 Å². The molecule has 1 N–H and O–H groups in total. The molecule has 6 heteroatoms. The highest BCUT2D eigenvalue weighted by atomic mass is 35.5. The number of hydrogen-bond acceptors (Lipinski definition) is 3. The van der Waals surface area contributed by atoms with Gasteiger partial charge in [0.2, 0.25) is 0 Å². The van der Waals surface area contributed by atoms with E-state index >= 15 is 0 Å². The fourth-order valence-electron chi connectivity index (χ4n) is 3.84. The molecule has 4 aromatic rings. The van der Waals surface area contributed by atoms with E-state index in [0.29, 0.717) is 16.6 Å². The summed E-state index contributed by atoms with van der Waals surface area (Å²) in [4.78, 5) is 0. The van der Waals surface area contributed by atoms with Crippen molar-refractivity contribution in [2.24, 2.45) is 0 Å². The van der Waals surface area contributed by atoms with Crippen molar-refractivity contribution in [3.8, 4) is 11.4 Å². The zero-order valence-corrected chi connectivity index (χ0v) is 16.0. The highest BCUT2D eigenvalue weighted by Gasteiger charge is 2.29. The van der Waals surface area contributed by atoms with Gasteiger partial charge in [-0.2, -0.15) is 0 Å². The number of ether oxygens (including phenoxy) is 1. The van der Waals surface area contributed by atoms with Crippen molar-refractivity contribution in [3.63, 3.8) is 0 Å². The van der Waals surface area contributed by atoms with Gasteiger partial charge in [-0.25, -0.2) is 0 Å². The molecule has 136 valence electrons. The lowest BCUT2D eigenvalue weighted by molar-refractivity contribution is 0.414. The van der Waals surface area contributed by atoms with Crippen LogP contribution in [0.5, 0.6) is 5.75 Å². The Morgan fingerprint density at radius 3 is 2.93 bits per heavy atom. The van der Waals surface area contributed by atoms with E-state index < -0.39 is 0 Å². The first-order valence-electron chi connectivity index (χ1n) is 8.60. The standard InChI is InChI=1S/C21H16Cl2N2O2/c1-26-18-6-2-4-12-11-27-21(19(12)18)20-16-5-3-7-25(16)17-9-13(22)8-15(23)14(17)10-24-20/h2-9,11,20,24H,10H2,1H3. The normalized spacial score (nSPS) is 16.0. The third kappa shape index (κ3) is 2.56. The third-order valence-electron chi connectivity index (χ3n) is 5.06. The second-order valence-electron chi connectivity index (χ2n) is 6.53. The molecule has 1 atom stereocenters. The summed E-state index contributed by atoms with van der Waals surface area (Å²) in [6, 6.07) is 13.6. The lowest BCUT2D eigenvalue weighted by atomic mass is 10.1. The molecular formula is C21H16Cl2N2O2. The fraction of sp³-hybridized carbons (Fsp3) is 0.143. The number of furan rings is 1. The number of nitrogens with zero attached hydrogens (tertiary/aromatic N) is 1. The second kappa shape index (κ2) is 6.34. The van der Waals surface area contributed by atoms with Gasteiger partial charge in [-0.1, -0.05) is 35.3 Å². The van der Waals surface area contributed by atoms with E-state index in [2.05, 4.69) is 16.0 Å². The van der Waals surface area contributed by atoms with Crippen LogP contribution in [0.4, 0.5) is 0 Å². The highest BCUT2D eigenvalue weighted by molar-refractivity contribution is 6.35. The predicted molar refractivity (Wildman–Crippen MR) is 107 cm³/mol. The van der Waals surface area contributed by atoms with Crippen LogP contribution in [-0.2, 0) is 6.54 Å². The Hall–Kier alpha value is -2.40. The number of nitrogens with one attached hydrogen (secondary N) is 1. The lowest BCUT2D eigenvalue weighted by Gasteiger charge is -2.16. The quantitative estimate of drug-likeness (QED) is 0.468. The Morgan fingerprint density at radius 1 is 1.19 bits per heavy atom. The van der Waals surface area contributed by atoms with Crippen molar-refractivity contribution in [1.82, 2.24) is 9.88 Å². The molecule has 4 nitrogen and oxygen atoms in total. The van der Waals surface area contributed by atoms with E-state index in [9.17, 15) is 0 Å². The Balaban J connectivity index is 1.73. The third-order valence-corrected chi connectivity index (χ3v) is 5.61. The predicted octanol–water partition coefficient (Wildman–Crippen LogP) is 5.73. The molecule has 0 radical (unpaired) electrons. The lowest BCUT2D eigenvalue weighted by Crippen LogP contribution is -2.21. The van der Waals surface area contributed by atoms with E-state index in [1.807, 2.05) is 36.5 Å². The minimum Gasteiger partial charge on any atom is -0.496 e. The molecule has 0 fully saturated rings. The molecule has 1 aliphatic heterocycles. The van der Waals surface area contributed by atoms with Gasteiger partial charge in [0.05, 0.1) is 24.4 Å². The van der Waals surface area contributed by atoms with Gasteiger partial charge in [0.25, 0.3) is 0 Å². The van der Waals surface area contributed by atoms with Crippen LogP contribution < -0.4 is 10.1 Å². The van der Waals surface area contributed by atoms with Crippen molar-refractivity contribution in [2.75, 3.05) is 7.11 Å². The van der Waals surface area contributed by atoms with E-state index in [4.69, 9.17) is 32.4 Å². The molecule has 0 spiro atoms. The molecule has 27 heavy (non-hydrogen) atoms. The van der Waals surface area contributed by atoms with Crippen molar-refractivity contribution in [3.05, 3.63) is 82.0 Å². The maximum atomic E-state index is 6.49. The van der Waals surface area contributed by atoms with Gasteiger partial charge in [-0.05, 0) is 30.3 Å². The molecule has 0 saturated heterocycles. The fourth-order valence-corrected chi connectivity index (χ4v) is 4.39. The number of methoxy groups -OCH3 is 1. The van der Waals surface area contributed by atoms with E-state index in [-0.39, 0.29) is 6.04 Å². The first-order valence-corrected chi connectivity index (χ1v) is 9.36. The van der Waals surface area contributed by atoms with Crippen LogP contribution in [0, 0.1) is 0 Å². The molecule has 0 saturated carbocycles. The summed E-state index contributed by atoms with van der Waals surface area (Å²) in [5.74, 6) is 1.61. The number of halogens is 2. The van der Waals surface area contributed by atoms with Crippen molar-refractivity contribution >= 4 is 34.0 Å². The van der Waals surface area contributed by atoms with Gasteiger partial charge < -0.3 is 13.7 Å².